The number of ether oxygens (including phenoxy) is 4. The minimum absolute atomic E-state index is 0.0214. The number of fused-ring (bicyclic) bond motifs is 4. The molecule has 4 aliphatic rings. The molecule has 4 aliphatic heterocycles. The molecule has 10 aromatic rings. The molecule has 0 unspecified atom stereocenters. The molecule has 4 amide bonds. The molecule has 0 aromatic heterocycles. The van der Waals surface area contributed by atoms with Gasteiger partial charge in [-0.25, -0.2) is 4.79 Å². The van der Waals surface area contributed by atoms with Crippen molar-refractivity contribution in [3.05, 3.63) is 289 Å². The number of alkyl halides is 2. The third-order valence-corrected chi connectivity index (χ3v) is 18.6. The number of nitrogens with one attached hydrogen (secondary N) is 4. The number of aromatic hydroxyl groups is 1. The molecule has 10 aromatic carbocycles. The predicted octanol–water partition coefficient (Wildman–Crippen LogP) is 19.0. The van der Waals surface area contributed by atoms with E-state index in [1.807, 2.05) is 160 Å². The highest BCUT2D eigenvalue weighted by Gasteiger charge is 2.23. The van der Waals surface area contributed by atoms with Crippen molar-refractivity contribution in [2.75, 3.05) is 28.4 Å². The maximum atomic E-state index is 11.7. The lowest BCUT2D eigenvalue weighted by molar-refractivity contribution is -0.193. The van der Waals surface area contributed by atoms with Crippen LogP contribution >= 0.6 is 55.1 Å². The summed E-state index contributed by atoms with van der Waals surface area (Å²) >= 11 is 18.5. The van der Waals surface area contributed by atoms with Gasteiger partial charge in [-0.3, -0.25) is 23.6 Å². The van der Waals surface area contributed by atoms with E-state index >= 15 is 0 Å². The van der Waals surface area contributed by atoms with Gasteiger partial charge < -0.3 is 55.4 Å². The number of benzene rings is 10. The summed E-state index contributed by atoms with van der Waals surface area (Å²) < 4.78 is 39.3. The molecule has 116 heavy (non-hydrogen) atoms. The highest BCUT2D eigenvalue weighted by molar-refractivity contribution is 9.10. The van der Waals surface area contributed by atoms with Gasteiger partial charge in [0.05, 0.1) is 17.2 Å². The first-order valence-corrected chi connectivity index (χ1v) is 39.0. The third kappa shape index (κ3) is 33.8. The number of aryl methyl sites for hydroxylation is 4. The Labute approximate surface area is 704 Å². The normalized spacial score (nSPS) is 12.2. The van der Waals surface area contributed by atoms with Gasteiger partial charge in [0.1, 0.15) is 48.4 Å². The second-order valence-electron chi connectivity index (χ2n) is 28.1. The maximum absolute atomic E-state index is 11.7. The van der Waals surface area contributed by atoms with Gasteiger partial charge >= 0.3 is 25.4 Å². The number of esters is 1. The number of anilines is 4. The van der Waals surface area contributed by atoms with E-state index in [1.54, 1.807) is 48.5 Å². The molecule has 4 heterocycles. The first-order chi connectivity index (χ1) is 56.0. The number of carbonyl (C=O) groups is 5. The van der Waals surface area contributed by atoms with Crippen molar-refractivity contribution < 1.29 is 83.0 Å². The van der Waals surface area contributed by atoms with Crippen molar-refractivity contribution in [3.63, 3.8) is 0 Å². The third-order valence-electron chi connectivity index (χ3n) is 16.8. The van der Waals surface area contributed by atoms with Crippen molar-refractivity contribution in [2.45, 2.75) is 137 Å². The lowest BCUT2D eigenvalue weighted by Crippen LogP contribution is -2.29. The van der Waals surface area contributed by atoms with Crippen molar-refractivity contribution in [1.29, 1.82) is 0 Å². The topological polar surface area (TPSA) is 299 Å². The lowest BCUT2D eigenvalue weighted by Gasteiger charge is -2.21. The molecular formula is C90H94BBr2Cl2FN4O16. The van der Waals surface area contributed by atoms with Gasteiger partial charge in [-0.05, 0) is 196 Å². The predicted molar refractivity (Wildman–Crippen MR) is 458 cm³/mol. The molecule has 0 spiro atoms. The summed E-state index contributed by atoms with van der Waals surface area (Å²) in [6.45, 7) is 13.8. The van der Waals surface area contributed by atoms with Crippen LogP contribution in [0, 0.1) is 5.41 Å². The Balaban J connectivity index is 0.000000250. The van der Waals surface area contributed by atoms with E-state index in [1.165, 1.54) is 18.5 Å². The molecule has 0 saturated heterocycles. The van der Waals surface area contributed by atoms with Gasteiger partial charge in [-0.1, -0.05) is 201 Å². The number of hydrogen-bond donors (Lipinski definition) is 7. The molecular weight excluding hydrogens is 1650 g/mol. The van der Waals surface area contributed by atoms with Gasteiger partial charge in [0.2, 0.25) is 23.6 Å². The number of hydrogen-bond acceptors (Lipinski definition) is 16. The molecule has 20 nitrogen and oxygen atoms in total. The van der Waals surface area contributed by atoms with E-state index in [4.69, 9.17) is 77.9 Å². The van der Waals surface area contributed by atoms with E-state index in [0.29, 0.717) is 79.2 Å². The highest BCUT2D eigenvalue weighted by atomic mass is 79.9. The summed E-state index contributed by atoms with van der Waals surface area (Å²) in [7, 11) is 0.345. The van der Waals surface area contributed by atoms with Crippen LogP contribution in [-0.4, -0.2) is 77.0 Å². The Hall–Kier alpha value is -11.0. The van der Waals surface area contributed by atoms with Crippen LogP contribution in [0.4, 0.5) is 27.1 Å². The summed E-state index contributed by atoms with van der Waals surface area (Å²) in [5.74, 6) is 2.41. The highest BCUT2D eigenvalue weighted by Crippen LogP contribution is 2.39. The van der Waals surface area contributed by atoms with Crippen molar-refractivity contribution in [2.24, 2.45) is 5.41 Å². The molecule has 0 saturated carbocycles. The summed E-state index contributed by atoms with van der Waals surface area (Å²) in [6.07, 6.45) is 6.81. The van der Waals surface area contributed by atoms with E-state index in [-0.39, 0.29) is 47.7 Å². The molecule has 0 aliphatic carbocycles. The SMILES string of the molecule is CC(C)(C)Cc1ccc(COc2ccc3c(c2)NC(=O)CC3)cc1.CC(C)(C)OC(=O)c1ccc(CBr)cc1.CF.O=C1CCc2cc(-c3ccc(Cl)cc3)c(OCc3ccccc3)cc2N1.O=C1CCc2cc(Br)c(OCc3ccccc3)cc2N1.O=C1CCc2ccc(O)cc2N1.O=C=O.O=C=O.OB(O)c1ccc(Cl)cc1.[2H]C. The summed E-state index contributed by atoms with van der Waals surface area (Å²) in [6, 6.07) is 69.0. The molecule has 0 atom stereocenters. The summed E-state index contributed by atoms with van der Waals surface area (Å²) in [4.78, 5) is 89.7. The molecule has 608 valence electrons. The number of phenolic OH excluding ortho intramolecular Hbond substituents is 1. The second kappa shape index (κ2) is 49.0. The summed E-state index contributed by atoms with van der Waals surface area (Å²) in [5, 5.41) is 39.9. The van der Waals surface area contributed by atoms with E-state index in [9.17, 15) is 28.4 Å². The molecule has 26 heteroatoms. The number of phenols is 1. The van der Waals surface area contributed by atoms with Gasteiger partial charge in [0, 0.05) is 95.0 Å². The Kier molecular flexibility index (Phi) is 39.6. The number of rotatable bonds is 14. The van der Waals surface area contributed by atoms with Crippen LogP contribution in [-0.2, 0) is 100 Å². The second-order valence-corrected chi connectivity index (χ2v) is 30.4. The maximum Gasteiger partial charge on any atom is 0.488 e. The molecule has 0 bridgehead atoms. The minimum atomic E-state index is -1.41. The quantitative estimate of drug-likeness (QED) is 0.0302. The number of amides is 4. The van der Waals surface area contributed by atoms with Crippen LogP contribution in [0.3, 0.4) is 0 Å². The van der Waals surface area contributed by atoms with Crippen molar-refractivity contribution >= 4 is 132 Å². The first-order valence-electron chi connectivity index (χ1n) is 37.3. The van der Waals surface area contributed by atoms with Crippen LogP contribution in [0.5, 0.6) is 23.0 Å². The Morgan fingerprint density at radius 3 is 1.35 bits per heavy atom. The minimum Gasteiger partial charge on any atom is -0.508 e. The average Bonchev–Trinajstić information content (AvgIpc) is 0.796. The van der Waals surface area contributed by atoms with Gasteiger partial charge in [0.15, 0.2) is 0 Å². The Morgan fingerprint density at radius 2 is 0.888 bits per heavy atom. The van der Waals surface area contributed by atoms with E-state index in [2.05, 4.69) is 104 Å². The fraction of sp³-hybridized carbons (Fsp3) is 0.256. The Morgan fingerprint density at radius 1 is 0.491 bits per heavy atom. The lowest BCUT2D eigenvalue weighted by atomic mass is 9.81. The van der Waals surface area contributed by atoms with Gasteiger partial charge in [-0.15, -0.1) is 0 Å². The van der Waals surface area contributed by atoms with Crippen LogP contribution in [0.15, 0.2) is 223 Å². The van der Waals surface area contributed by atoms with Crippen LogP contribution < -0.4 is 40.9 Å². The van der Waals surface area contributed by atoms with Gasteiger partial charge in [0.25, 0.3) is 0 Å². The molecule has 0 radical (unpaired) electrons. The van der Waals surface area contributed by atoms with Crippen molar-refractivity contribution in [1.82, 2.24) is 0 Å². The number of halogens is 5. The van der Waals surface area contributed by atoms with Crippen LogP contribution in [0.1, 0.15) is 136 Å². The van der Waals surface area contributed by atoms with E-state index in [0.717, 1.165) is 132 Å². The van der Waals surface area contributed by atoms with Crippen LogP contribution in [0.2, 0.25) is 10.0 Å². The van der Waals surface area contributed by atoms with Gasteiger partial charge in [-0.2, -0.15) is 19.2 Å². The van der Waals surface area contributed by atoms with Crippen LogP contribution in [0.25, 0.3) is 11.1 Å². The molecule has 0 fully saturated rings. The largest absolute Gasteiger partial charge is 0.508 e. The zero-order valence-corrected chi connectivity index (χ0v) is 70.3. The molecule has 14 rings (SSSR count). The standard InChI is InChI=1S/C22H18ClNO2.C21H25NO2.C16H14BrNO2.C12H15BrO2.C9H9NO2.C6H6BClO2.CH3F.2CO2.CH4/c23-18-9-6-16(7-10-18)19-12-17-8-11-22(25)24-20(17)13-21(19)26-14-15-4-2-1-3-5-15;1-21(2,3)13-15-4-6-16(7-5-15)14-24-18-10-8-17-9-11-20(23)22-19(17)12-18;17-13-8-12-6-7-16(19)18-14(12)9-15(13)20-10-11-4-2-1-3-5-11;1-12(2,3)15-11(14)10-6-4-9(8-13)5-7-10;11-7-3-1-6-2-4-9(12)10-8(6)5-7;8-6-3-1-5(2-4-6)7(9)10;1-2;2*2-1-3;/h1-7,9-10,12-13H,8,11,14H2,(H,24,25);4-8,10,12H,9,11,13-14H2,1-3H3,(H,22,23);1-5,8-9H,6-7,10H2,(H,18,19);4-7H,8H2,1-3H3;1,3,5,11H,2,4H2,(H,10,12);1-4,9-10H;1H3;;;1H4/i;;;;;;;;;1D. The smallest absolute Gasteiger partial charge is 0.488 e. The van der Waals surface area contributed by atoms with Crippen molar-refractivity contribution in [3.8, 4) is 34.1 Å². The molecule has 7 N–H and O–H groups in total. The average molecular weight is 1750 g/mol. The fourth-order valence-corrected chi connectivity index (χ4v) is 12.5. The monoisotopic (exact) mass is 1750 g/mol. The summed E-state index contributed by atoms with van der Waals surface area (Å²) in [5.41, 5.74) is 16.6. The Bertz CT molecular complexity index is 4890. The zero-order chi connectivity index (χ0) is 86.0. The fourth-order valence-electron chi connectivity index (χ4n) is 11.4. The first kappa shape index (κ1) is 93.8. The van der Waals surface area contributed by atoms with E-state index < -0.39 is 12.7 Å². The number of carbonyl (C=O) groups excluding carboxylic acids is 9. The zero-order valence-electron chi connectivity index (χ0n) is 66.6.